The Kier molecular flexibility index (Phi) is 5.91. The van der Waals surface area contributed by atoms with Crippen LogP contribution in [-0.2, 0) is 6.42 Å². The summed E-state index contributed by atoms with van der Waals surface area (Å²) in [6, 6.07) is 10.9. The lowest BCUT2D eigenvalue weighted by Gasteiger charge is -2.37. The second-order valence-electron chi connectivity index (χ2n) is 6.53. The first-order chi connectivity index (χ1) is 9.25. The van der Waals surface area contributed by atoms with E-state index in [2.05, 4.69) is 49.5 Å². The SMILES string of the molecule is CC(C)CNCC1CCC1CCCc1ccccc1. The van der Waals surface area contributed by atoms with Crippen LogP contribution in [-0.4, -0.2) is 13.1 Å². The van der Waals surface area contributed by atoms with Crippen molar-refractivity contribution in [3.63, 3.8) is 0 Å². The first-order valence-corrected chi connectivity index (χ1v) is 8.00. The molecule has 0 heterocycles. The molecule has 2 atom stereocenters. The van der Waals surface area contributed by atoms with Gasteiger partial charge in [-0.15, -0.1) is 0 Å². The van der Waals surface area contributed by atoms with E-state index in [9.17, 15) is 0 Å². The van der Waals surface area contributed by atoms with Crippen LogP contribution in [0.2, 0.25) is 0 Å². The molecule has 19 heavy (non-hydrogen) atoms. The molecule has 0 saturated heterocycles. The number of nitrogens with one attached hydrogen (secondary N) is 1. The molecular weight excluding hydrogens is 230 g/mol. The van der Waals surface area contributed by atoms with Crippen LogP contribution in [0, 0.1) is 17.8 Å². The molecule has 0 aliphatic heterocycles. The van der Waals surface area contributed by atoms with Gasteiger partial charge in [-0.05, 0) is 68.5 Å². The zero-order valence-electron chi connectivity index (χ0n) is 12.6. The van der Waals surface area contributed by atoms with Crippen LogP contribution >= 0.6 is 0 Å². The van der Waals surface area contributed by atoms with Crippen molar-refractivity contribution >= 4 is 0 Å². The lowest BCUT2D eigenvalue weighted by atomic mass is 9.71. The number of benzene rings is 1. The van der Waals surface area contributed by atoms with E-state index in [1.807, 2.05) is 0 Å². The van der Waals surface area contributed by atoms with Gasteiger partial charge in [0.15, 0.2) is 0 Å². The van der Waals surface area contributed by atoms with E-state index in [0.29, 0.717) is 0 Å². The molecule has 1 aromatic rings. The molecule has 106 valence electrons. The smallest absolute Gasteiger partial charge is 0.00178 e. The van der Waals surface area contributed by atoms with Crippen molar-refractivity contribution in [1.82, 2.24) is 5.32 Å². The molecule has 1 aromatic carbocycles. The van der Waals surface area contributed by atoms with Gasteiger partial charge in [-0.1, -0.05) is 44.2 Å². The zero-order valence-corrected chi connectivity index (χ0v) is 12.6. The summed E-state index contributed by atoms with van der Waals surface area (Å²) in [6.45, 7) is 6.98. The van der Waals surface area contributed by atoms with Crippen molar-refractivity contribution in [3.05, 3.63) is 35.9 Å². The third kappa shape index (κ3) is 4.99. The Bertz CT molecular complexity index is 344. The standard InChI is InChI=1S/C18H29N/c1-15(2)13-19-14-18-12-11-17(18)10-6-9-16-7-4-3-5-8-16/h3-5,7-8,15,17-19H,6,9-14H2,1-2H3. The van der Waals surface area contributed by atoms with Crippen LogP contribution < -0.4 is 5.32 Å². The predicted octanol–water partition coefficient (Wildman–Crippen LogP) is 4.28. The summed E-state index contributed by atoms with van der Waals surface area (Å²) in [5.41, 5.74) is 1.50. The van der Waals surface area contributed by atoms with Gasteiger partial charge < -0.3 is 5.32 Å². The number of rotatable bonds is 8. The maximum absolute atomic E-state index is 3.62. The fraction of sp³-hybridized carbons (Fsp3) is 0.667. The van der Waals surface area contributed by atoms with Crippen molar-refractivity contribution in [3.8, 4) is 0 Å². The van der Waals surface area contributed by atoms with E-state index in [-0.39, 0.29) is 0 Å². The van der Waals surface area contributed by atoms with E-state index in [1.165, 1.54) is 50.8 Å². The first-order valence-electron chi connectivity index (χ1n) is 8.00. The van der Waals surface area contributed by atoms with E-state index in [1.54, 1.807) is 0 Å². The summed E-state index contributed by atoms with van der Waals surface area (Å²) in [7, 11) is 0. The molecule has 1 aliphatic rings. The van der Waals surface area contributed by atoms with Crippen molar-refractivity contribution < 1.29 is 0 Å². The van der Waals surface area contributed by atoms with Crippen LogP contribution in [0.25, 0.3) is 0 Å². The third-order valence-electron chi connectivity index (χ3n) is 4.42. The molecule has 1 nitrogen and oxygen atoms in total. The summed E-state index contributed by atoms with van der Waals surface area (Å²) in [5.74, 6) is 2.72. The fourth-order valence-corrected chi connectivity index (χ4v) is 3.06. The molecule has 1 fully saturated rings. The van der Waals surface area contributed by atoms with Crippen LogP contribution in [0.4, 0.5) is 0 Å². The normalized spacial score (nSPS) is 22.5. The minimum absolute atomic E-state index is 0.775. The molecule has 1 saturated carbocycles. The molecule has 0 spiro atoms. The first kappa shape index (κ1) is 14.6. The molecule has 1 N–H and O–H groups in total. The summed E-state index contributed by atoms with van der Waals surface area (Å²) in [6.07, 6.45) is 6.94. The van der Waals surface area contributed by atoms with Gasteiger partial charge >= 0.3 is 0 Å². The van der Waals surface area contributed by atoms with Gasteiger partial charge in [-0.25, -0.2) is 0 Å². The van der Waals surface area contributed by atoms with Crippen LogP contribution in [0.3, 0.4) is 0 Å². The summed E-state index contributed by atoms with van der Waals surface area (Å²) in [4.78, 5) is 0. The van der Waals surface area contributed by atoms with E-state index in [4.69, 9.17) is 0 Å². The maximum atomic E-state index is 3.62. The zero-order chi connectivity index (χ0) is 13.5. The van der Waals surface area contributed by atoms with Crippen LogP contribution in [0.5, 0.6) is 0 Å². The molecule has 0 radical (unpaired) electrons. The molecule has 0 amide bonds. The Labute approximate surface area is 118 Å². The molecular formula is C18H29N. The monoisotopic (exact) mass is 259 g/mol. The number of aryl methyl sites for hydroxylation is 1. The quantitative estimate of drug-likeness (QED) is 0.734. The van der Waals surface area contributed by atoms with Gasteiger partial charge in [-0.3, -0.25) is 0 Å². The van der Waals surface area contributed by atoms with Gasteiger partial charge in [0.25, 0.3) is 0 Å². The molecule has 2 unspecified atom stereocenters. The van der Waals surface area contributed by atoms with E-state index in [0.717, 1.165) is 17.8 Å². The third-order valence-corrected chi connectivity index (χ3v) is 4.42. The lowest BCUT2D eigenvalue weighted by Crippen LogP contribution is -2.36. The Morgan fingerprint density at radius 3 is 2.47 bits per heavy atom. The topological polar surface area (TPSA) is 12.0 Å². The van der Waals surface area contributed by atoms with Gasteiger partial charge in [-0.2, -0.15) is 0 Å². The molecule has 0 bridgehead atoms. The van der Waals surface area contributed by atoms with Crippen LogP contribution in [0.1, 0.15) is 45.1 Å². The van der Waals surface area contributed by atoms with E-state index < -0.39 is 0 Å². The van der Waals surface area contributed by atoms with Crippen molar-refractivity contribution in [1.29, 1.82) is 0 Å². The Morgan fingerprint density at radius 1 is 1.11 bits per heavy atom. The van der Waals surface area contributed by atoms with Crippen LogP contribution in [0.15, 0.2) is 30.3 Å². The van der Waals surface area contributed by atoms with E-state index >= 15 is 0 Å². The Morgan fingerprint density at radius 2 is 1.84 bits per heavy atom. The van der Waals surface area contributed by atoms with Gasteiger partial charge in [0.05, 0.1) is 0 Å². The highest BCUT2D eigenvalue weighted by Crippen LogP contribution is 2.37. The summed E-state index contributed by atoms with van der Waals surface area (Å²) < 4.78 is 0. The van der Waals surface area contributed by atoms with Gasteiger partial charge in [0, 0.05) is 0 Å². The van der Waals surface area contributed by atoms with Crippen molar-refractivity contribution in [2.45, 2.75) is 46.0 Å². The predicted molar refractivity (Wildman–Crippen MR) is 83.3 cm³/mol. The molecule has 0 aromatic heterocycles. The average Bonchev–Trinajstić information content (AvgIpc) is 2.39. The molecule has 1 aliphatic carbocycles. The highest BCUT2D eigenvalue weighted by atomic mass is 14.9. The average molecular weight is 259 g/mol. The minimum Gasteiger partial charge on any atom is -0.316 e. The number of hydrogen-bond donors (Lipinski definition) is 1. The van der Waals surface area contributed by atoms with Gasteiger partial charge in [0.1, 0.15) is 0 Å². The Hall–Kier alpha value is -0.820. The van der Waals surface area contributed by atoms with Crippen molar-refractivity contribution in [2.24, 2.45) is 17.8 Å². The maximum Gasteiger partial charge on any atom is -0.00178 e. The largest absolute Gasteiger partial charge is 0.316 e. The molecule has 2 rings (SSSR count). The second-order valence-corrected chi connectivity index (χ2v) is 6.53. The second kappa shape index (κ2) is 7.69. The minimum atomic E-state index is 0.775. The fourth-order valence-electron chi connectivity index (χ4n) is 3.06. The van der Waals surface area contributed by atoms with Gasteiger partial charge in [0.2, 0.25) is 0 Å². The highest BCUT2D eigenvalue weighted by molar-refractivity contribution is 5.14. The molecule has 1 heteroatoms. The van der Waals surface area contributed by atoms with Crippen molar-refractivity contribution in [2.75, 3.05) is 13.1 Å². The highest BCUT2D eigenvalue weighted by Gasteiger charge is 2.29. The summed E-state index contributed by atoms with van der Waals surface area (Å²) >= 11 is 0. The number of hydrogen-bond acceptors (Lipinski definition) is 1. The summed E-state index contributed by atoms with van der Waals surface area (Å²) in [5, 5.41) is 3.62. The lowest BCUT2D eigenvalue weighted by molar-refractivity contribution is 0.156. The Balaban J connectivity index is 1.58.